The zero-order valence-corrected chi connectivity index (χ0v) is 19.4. The van der Waals surface area contributed by atoms with Crippen molar-refractivity contribution in [2.75, 3.05) is 17.2 Å². The van der Waals surface area contributed by atoms with Crippen molar-refractivity contribution in [3.63, 3.8) is 0 Å². The lowest BCUT2D eigenvalue weighted by molar-refractivity contribution is 0.0986. The molecular weight excluding hydrogens is 428 g/mol. The molecule has 7 heteroatoms. The van der Waals surface area contributed by atoms with Crippen LogP contribution in [0.15, 0.2) is 75.8 Å². The van der Waals surface area contributed by atoms with E-state index in [9.17, 15) is 14.4 Å². The van der Waals surface area contributed by atoms with E-state index in [-0.39, 0.29) is 24.0 Å². The number of aromatic amines is 1. The number of amides is 1. The zero-order valence-electron chi connectivity index (χ0n) is 19.4. The molecule has 0 atom stereocenters. The average molecular weight is 459 g/mol. The molecule has 0 bridgehead atoms. The molecule has 34 heavy (non-hydrogen) atoms. The van der Waals surface area contributed by atoms with Gasteiger partial charge < -0.3 is 10.6 Å². The van der Waals surface area contributed by atoms with Crippen LogP contribution in [0.2, 0.25) is 0 Å². The predicted octanol–water partition coefficient (Wildman–Crippen LogP) is 4.01. The Morgan fingerprint density at radius 2 is 1.79 bits per heavy atom. The van der Waals surface area contributed by atoms with Gasteiger partial charge in [0.15, 0.2) is 5.69 Å². The summed E-state index contributed by atoms with van der Waals surface area (Å²) in [6.07, 6.45) is 7.20. The third-order valence-corrected chi connectivity index (χ3v) is 6.33. The molecular formula is C27H30N4O3. The van der Waals surface area contributed by atoms with Gasteiger partial charge in [-0.15, -0.1) is 0 Å². The monoisotopic (exact) mass is 458 g/mol. The summed E-state index contributed by atoms with van der Waals surface area (Å²) >= 11 is 0. The van der Waals surface area contributed by atoms with E-state index in [1.54, 1.807) is 12.1 Å². The Labute approximate surface area is 198 Å². The summed E-state index contributed by atoms with van der Waals surface area (Å²) in [4.78, 5) is 43.2. The molecule has 0 aliphatic heterocycles. The molecule has 0 fully saturated rings. The van der Waals surface area contributed by atoms with Crippen molar-refractivity contribution in [1.82, 2.24) is 9.55 Å². The average Bonchev–Trinajstić information content (AvgIpc) is 2.85. The number of nitrogens with one attached hydrogen (secondary N) is 1. The molecule has 1 aromatic heterocycles. The van der Waals surface area contributed by atoms with Gasteiger partial charge >= 0.3 is 5.69 Å². The van der Waals surface area contributed by atoms with Crippen molar-refractivity contribution in [3.05, 3.63) is 104 Å². The maximum absolute atomic E-state index is 13.7. The Morgan fingerprint density at radius 1 is 1.06 bits per heavy atom. The molecule has 2 aromatic carbocycles. The number of H-pyrrole nitrogens is 1. The second-order valence-corrected chi connectivity index (χ2v) is 8.69. The van der Waals surface area contributed by atoms with Crippen molar-refractivity contribution in [3.8, 4) is 0 Å². The van der Waals surface area contributed by atoms with Gasteiger partial charge in [-0.25, -0.2) is 4.79 Å². The number of aryl methyl sites for hydroxylation is 1. The van der Waals surface area contributed by atoms with Gasteiger partial charge in [-0.2, -0.15) is 0 Å². The Hall–Kier alpha value is -3.87. The van der Waals surface area contributed by atoms with Crippen molar-refractivity contribution >= 4 is 17.4 Å². The van der Waals surface area contributed by atoms with Gasteiger partial charge in [0, 0.05) is 12.1 Å². The molecule has 3 N–H and O–H groups in total. The summed E-state index contributed by atoms with van der Waals surface area (Å²) in [5.41, 5.74) is 8.63. The van der Waals surface area contributed by atoms with Crippen LogP contribution >= 0.6 is 0 Å². The molecule has 1 amide bonds. The van der Waals surface area contributed by atoms with Crippen LogP contribution < -0.4 is 21.9 Å². The number of carbonyl (C=O) groups excluding carboxylic acids is 1. The lowest BCUT2D eigenvalue weighted by atomic mass is 9.97. The van der Waals surface area contributed by atoms with Crippen LogP contribution in [0, 0.1) is 6.92 Å². The minimum Gasteiger partial charge on any atom is -0.383 e. The molecule has 1 heterocycles. The molecule has 0 saturated carbocycles. The fourth-order valence-corrected chi connectivity index (χ4v) is 4.42. The fourth-order valence-electron chi connectivity index (χ4n) is 4.42. The summed E-state index contributed by atoms with van der Waals surface area (Å²) < 4.78 is 1.31. The highest BCUT2D eigenvalue weighted by Crippen LogP contribution is 2.25. The van der Waals surface area contributed by atoms with E-state index in [2.05, 4.69) is 11.1 Å². The number of rotatable bonds is 7. The maximum atomic E-state index is 13.7. The summed E-state index contributed by atoms with van der Waals surface area (Å²) in [5, 5.41) is 0. The van der Waals surface area contributed by atoms with Gasteiger partial charge in [0.2, 0.25) is 0 Å². The lowest BCUT2D eigenvalue weighted by Gasteiger charge is -2.26. The zero-order chi connectivity index (χ0) is 24.1. The number of nitrogens with two attached hydrogens (primary N) is 1. The SMILES string of the molecule is Cc1ccccc1C(=O)N(CCC1=CCCCC1)c1c(N)n(Cc2ccccc2)c(=O)[nH]c1=O. The summed E-state index contributed by atoms with van der Waals surface area (Å²) in [5.74, 6) is -0.325. The summed E-state index contributed by atoms with van der Waals surface area (Å²) in [6.45, 7) is 2.35. The number of aromatic nitrogens is 2. The fraction of sp³-hybridized carbons (Fsp3) is 0.296. The number of allylic oxidation sites excluding steroid dienone is 1. The Kier molecular flexibility index (Phi) is 7.11. The first-order valence-electron chi connectivity index (χ1n) is 11.7. The first-order valence-corrected chi connectivity index (χ1v) is 11.7. The third-order valence-electron chi connectivity index (χ3n) is 6.33. The molecule has 176 valence electrons. The van der Waals surface area contributed by atoms with E-state index in [0.29, 0.717) is 18.5 Å². The van der Waals surface area contributed by atoms with E-state index in [1.165, 1.54) is 21.5 Å². The van der Waals surface area contributed by atoms with Crippen LogP contribution in [0.4, 0.5) is 11.5 Å². The Bertz CT molecular complexity index is 1320. The number of anilines is 2. The van der Waals surface area contributed by atoms with Crippen molar-refractivity contribution in [1.29, 1.82) is 0 Å². The summed E-state index contributed by atoms with van der Waals surface area (Å²) in [7, 11) is 0. The second-order valence-electron chi connectivity index (χ2n) is 8.69. The van der Waals surface area contributed by atoms with Crippen molar-refractivity contribution in [2.24, 2.45) is 0 Å². The van der Waals surface area contributed by atoms with E-state index in [1.807, 2.05) is 49.4 Å². The van der Waals surface area contributed by atoms with Gasteiger partial charge in [0.05, 0.1) is 6.54 Å². The van der Waals surface area contributed by atoms with Gasteiger partial charge in [-0.1, -0.05) is 60.2 Å². The smallest absolute Gasteiger partial charge is 0.330 e. The van der Waals surface area contributed by atoms with Crippen molar-refractivity contribution in [2.45, 2.75) is 45.6 Å². The summed E-state index contributed by atoms with van der Waals surface area (Å²) in [6, 6.07) is 16.6. The molecule has 3 aromatic rings. The van der Waals surface area contributed by atoms with Crippen molar-refractivity contribution < 1.29 is 4.79 Å². The number of nitrogen functional groups attached to an aromatic ring is 1. The van der Waals surface area contributed by atoms with E-state index in [0.717, 1.165) is 30.4 Å². The second kappa shape index (κ2) is 10.4. The molecule has 0 unspecified atom stereocenters. The number of hydrogen-bond acceptors (Lipinski definition) is 4. The lowest BCUT2D eigenvalue weighted by Crippen LogP contribution is -2.42. The van der Waals surface area contributed by atoms with Crippen LogP contribution in [-0.4, -0.2) is 22.0 Å². The van der Waals surface area contributed by atoms with Gasteiger partial charge in [0.25, 0.3) is 11.5 Å². The maximum Gasteiger partial charge on any atom is 0.330 e. The minimum absolute atomic E-state index is 0.0141. The van der Waals surface area contributed by atoms with Crippen LogP contribution in [-0.2, 0) is 6.54 Å². The van der Waals surface area contributed by atoms with E-state index >= 15 is 0 Å². The highest BCUT2D eigenvalue weighted by Gasteiger charge is 2.26. The van der Waals surface area contributed by atoms with Gasteiger partial charge in [-0.3, -0.25) is 19.1 Å². The van der Waals surface area contributed by atoms with Crippen LogP contribution in [0.25, 0.3) is 0 Å². The number of hydrogen-bond donors (Lipinski definition) is 2. The molecule has 1 aliphatic rings. The van der Waals surface area contributed by atoms with Crippen LogP contribution in [0.5, 0.6) is 0 Å². The Balaban J connectivity index is 1.78. The molecule has 0 radical (unpaired) electrons. The molecule has 1 aliphatic carbocycles. The van der Waals surface area contributed by atoms with Crippen LogP contribution in [0.3, 0.4) is 0 Å². The Morgan fingerprint density at radius 3 is 2.50 bits per heavy atom. The third kappa shape index (κ3) is 5.03. The number of benzene rings is 2. The predicted molar refractivity (Wildman–Crippen MR) is 135 cm³/mol. The number of carbonyl (C=O) groups is 1. The van der Waals surface area contributed by atoms with E-state index in [4.69, 9.17) is 5.73 Å². The molecule has 4 rings (SSSR count). The normalized spacial score (nSPS) is 13.4. The number of nitrogens with zero attached hydrogens (tertiary/aromatic N) is 2. The molecule has 0 spiro atoms. The largest absolute Gasteiger partial charge is 0.383 e. The quantitative estimate of drug-likeness (QED) is 0.522. The first-order chi connectivity index (χ1) is 16.5. The topological polar surface area (TPSA) is 101 Å². The van der Waals surface area contributed by atoms with E-state index < -0.39 is 11.2 Å². The van der Waals surface area contributed by atoms with Crippen LogP contribution in [0.1, 0.15) is 53.6 Å². The standard InChI is InChI=1S/C27H30N4O3/c1-19-10-8-9-15-22(19)26(33)30(17-16-20-11-4-2-5-12-20)23-24(28)31(27(34)29-25(23)32)18-21-13-6-3-7-14-21/h3,6-11,13-15H,2,4-5,12,16-18,28H2,1H3,(H,29,32,34). The highest BCUT2D eigenvalue weighted by molar-refractivity contribution is 6.08. The highest BCUT2D eigenvalue weighted by atomic mass is 16.2. The first kappa shape index (κ1) is 23.3. The van der Waals surface area contributed by atoms with Gasteiger partial charge in [-0.05, 0) is 56.2 Å². The van der Waals surface area contributed by atoms with Gasteiger partial charge in [0.1, 0.15) is 5.82 Å². The molecule has 0 saturated heterocycles. The minimum atomic E-state index is -0.661. The molecule has 7 nitrogen and oxygen atoms in total.